The molecule has 0 aromatic rings. The van der Waals surface area contributed by atoms with E-state index in [2.05, 4.69) is 34.6 Å². The van der Waals surface area contributed by atoms with Crippen molar-refractivity contribution in [2.24, 2.45) is 5.92 Å². The molecule has 3 heteroatoms. The molecule has 0 aromatic heterocycles. The van der Waals surface area contributed by atoms with Crippen LogP contribution in [0.25, 0.3) is 0 Å². The minimum atomic E-state index is 0.694. The molecule has 1 atom stereocenters. The van der Waals surface area contributed by atoms with Gasteiger partial charge in [-0.3, -0.25) is 0 Å². The zero-order valence-corrected chi connectivity index (χ0v) is 10.00. The van der Waals surface area contributed by atoms with Crippen LogP contribution in [0.3, 0.4) is 0 Å². The lowest BCUT2D eigenvalue weighted by Crippen LogP contribution is -2.42. The molecule has 3 aliphatic rings. The maximum Gasteiger partial charge on any atom is 0.0878 e. The van der Waals surface area contributed by atoms with E-state index in [9.17, 15) is 0 Å². The lowest BCUT2D eigenvalue weighted by Gasteiger charge is -2.34. The summed E-state index contributed by atoms with van der Waals surface area (Å²) in [5, 5.41) is 7.01. The van der Waals surface area contributed by atoms with Crippen LogP contribution in [-0.4, -0.2) is 30.7 Å². The van der Waals surface area contributed by atoms with E-state index < -0.39 is 0 Å². The van der Waals surface area contributed by atoms with Gasteiger partial charge in [-0.15, -0.1) is 0 Å². The Morgan fingerprint density at radius 3 is 2.94 bits per heavy atom. The van der Waals surface area contributed by atoms with Gasteiger partial charge in [0.05, 0.1) is 12.4 Å². The second-order valence-corrected chi connectivity index (χ2v) is 5.19. The first kappa shape index (κ1) is 10.2. The monoisotopic (exact) mass is 219 g/mol. The molecule has 3 rings (SSSR count). The summed E-state index contributed by atoms with van der Waals surface area (Å²) in [6, 6.07) is 0.735. The number of nitrogens with zero attached hydrogens (tertiary/aromatic N) is 1. The van der Waals surface area contributed by atoms with E-state index in [-0.39, 0.29) is 0 Å². The van der Waals surface area contributed by atoms with Crippen LogP contribution in [0.1, 0.15) is 26.2 Å². The first-order valence-electron chi connectivity index (χ1n) is 6.47. The second-order valence-electron chi connectivity index (χ2n) is 5.19. The third-order valence-electron chi connectivity index (χ3n) is 3.94. The third kappa shape index (κ3) is 1.73. The first-order chi connectivity index (χ1) is 7.84. The Morgan fingerprint density at radius 2 is 2.12 bits per heavy atom. The zero-order valence-electron chi connectivity index (χ0n) is 10.00. The number of nitrogens with one attached hydrogen (secondary N) is 2. The van der Waals surface area contributed by atoms with Crippen molar-refractivity contribution in [1.82, 2.24) is 15.5 Å². The Kier molecular flexibility index (Phi) is 2.64. The highest BCUT2D eigenvalue weighted by atomic mass is 15.3. The van der Waals surface area contributed by atoms with Crippen LogP contribution >= 0.6 is 0 Å². The highest BCUT2D eigenvalue weighted by molar-refractivity contribution is 5.32. The van der Waals surface area contributed by atoms with Gasteiger partial charge in [0, 0.05) is 11.7 Å². The van der Waals surface area contributed by atoms with Crippen LogP contribution < -0.4 is 10.6 Å². The van der Waals surface area contributed by atoms with Crippen LogP contribution in [0.4, 0.5) is 0 Å². The van der Waals surface area contributed by atoms with E-state index in [0.29, 0.717) is 5.92 Å². The van der Waals surface area contributed by atoms with E-state index in [0.717, 1.165) is 12.7 Å². The van der Waals surface area contributed by atoms with Gasteiger partial charge in [0.2, 0.25) is 0 Å². The van der Waals surface area contributed by atoms with Crippen molar-refractivity contribution in [3.05, 3.63) is 23.5 Å². The fourth-order valence-corrected chi connectivity index (χ4v) is 2.99. The maximum atomic E-state index is 3.57. The van der Waals surface area contributed by atoms with Gasteiger partial charge in [0.1, 0.15) is 0 Å². The second kappa shape index (κ2) is 4.13. The Labute approximate surface area is 97.6 Å². The normalized spacial score (nSPS) is 30.6. The highest BCUT2D eigenvalue weighted by Gasteiger charge is 2.29. The topological polar surface area (TPSA) is 27.3 Å². The van der Waals surface area contributed by atoms with Crippen LogP contribution in [0.5, 0.6) is 0 Å². The Balaban J connectivity index is 1.75. The van der Waals surface area contributed by atoms with E-state index in [4.69, 9.17) is 0 Å². The van der Waals surface area contributed by atoms with Crippen LogP contribution in [0.2, 0.25) is 0 Å². The molecule has 0 saturated carbocycles. The summed E-state index contributed by atoms with van der Waals surface area (Å²) < 4.78 is 0. The van der Waals surface area contributed by atoms with E-state index in [1.54, 1.807) is 0 Å². The summed E-state index contributed by atoms with van der Waals surface area (Å²) in [6.45, 7) is 5.65. The zero-order chi connectivity index (χ0) is 11.0. The summed E-state index contributed by atoms with van der Waals surface area (Å²) in [7, 11) is 0. The molecule has 3 nitrogen and oxygen atoms in total. The van der Waals surface area contributed by atoms with Gasteiger partial charge in [-0.2, -0.15) is 0 Å². The number of piperidine rings is 1. The van der Waals surface area contributed by atoms with Gasteiger partial charge in [-0.05, 0) is 44.3 Å². The first-order valence-corrected chi connectivity index (χ1v) is 6.47. The van der Waals surface area contributed by atoms with Crippen LogP contribution in [-0.2, 0) is 0 Å². The molecule has 0 bridgehead atoms. The van der Waals surface area contributed by atoms with Crippen molar-refractivity contribution in [2.75, 3.05) is 19.8 Å². The summed E-state index contributed by atoms with van der Waals surface area (Å²) in [4.78, 5) is 2.57. The molecular weight excluding hydrogens is 198 g/mol. The van der Waals surface area contributed by atoms with Crippen LogP contribution in [0, 0.1) is 5.92 Å². The van der Waals surface area contributed by atoms with Gasteiger partial charge < -0.3 is 15.5 Å². The predicted octanol–water partition coefficient (Wildman–Crippen LogP) is 1.41. The standard InChI is InChI=1S/C13H21N3/c1-10-2-3-13-12(8-10)15-9-16(13)11-4-6-14-7-5-11/h2-3,10-11,14-15H,4-9H2,1H3. The van der Waals surface area contributed by atoms with E-state index >= 15 is 0 Å². The van der Waals surface area contributed by atoms with E-state index in [1.807, 2.05) is 0 Å². The number of rotatable bonds is 1. The molecule has 0 amide bonds. The lowest BCUT2D eigenvalue weighted by molar-refractivity contribution is 0.223. The molecule has 16 heavy (non-hydrogen) atoms. The molecule has 0 aromatic carbocycles. The summed E-state index contributed by atoms with van der Waals surface area (Å²) in [6.07, 6.45) is 8.42. The minimum Gasteiger partial charge on any atom is -0.369 e. The fourth-order valence-electron chi connectivity index (χ4n) is 2.99. The summed E-state index contributed by atoms with van der Waals surface area (Å²) in [5.41, 5.74) is 2.93. The lowest BCUT2D eigenvalue weighted by atomic mass is 9.97. The third-order valence-corrected chi connectivity index (χ3v) is 3.94. The minimum absolute atomic E-state index is 0.694. The molecule has 2 heterocycles. The Morgan fingerprint density at radius 1 is 1.31 bits per heavy atom. The van der Waals surface area contributed by atoms with Crippen molar-refractivity contribution >= 4 is 0 Å². The Hall–Kier alpha value is -0.960. The summed E-state index contributed by atoms with van der Waals surface area (Å²) in [5.74, 6) is 0.694. The molecular formula is C13H21N3. The average molecular weight is 219 g/mol. The maximum absolute atomic E-state index is 3.57. The van der Waals surface area contributed by atoms with Crippen molar-refractivity contribution in [3.63, 3.8) is 0 Å². The summed E-state index contributed by atoms with van der Waals surface area (Å²) >= 11 is 0. The van der Waals surface area contributed by atoms with Crippen molar-refractivity contribution in [1.29, 1.82) is 0 Å². The van der Waals surface area contributed by atoms with Gasteiger partial charge >= 0.3 is 0 Å². The highest BCUT2D eigenvalue weighted by Crippen LogP contribution is 2.30. The van der Waals surface area contributed by atoms with Crippen molar-refractivity contribution in [2.45, 2.75) is 32.2 Å². The number of hydrogen-bond donors (Lipinski definition) is 2. The number of hydrogen-bond acceptors (Lipinski definition) is 3. The van der Waals surface area contributed by atoms with Gasteiger partial charge in [0.15, 0.2) is 0 Å². The Bertz CT molecular complexity index is 326. The smallest absolute Gasteiger partial charge is 0.0878 e. The van der Waals surface area contributed by atoms with E-state index in [1.165, 1.54) is 43.7 Å². The molecule has 88 valence electrons. The average Bonchev–Trinajstić information content (AvgIpc) is 2.73. The molecule has 0 spiro atoms. The van der Waals surface area contributed by atoms with Crippen LogP contribution in [0.15, 0.2) is 23.5 Å². The quantitative estimate of drug-likeness (QED) is 0.698. The van der Waals surface area contributed by atoms with Gasteiger partial charge in [0.25, 0.3) is 0 Å². The molecule has 1 fully saturated rings. The molecule has 1 unspecified atom stereocenters. The predicted molar refractivity (Wildman–Crippen MR) is 65.7 cm³/mol. The van der Waals surface area contributed by atoms with Crippen molar-refractivity contribution in [3.8, 4) is 0 Å². The molecule has 2 N–H and O–H groups in total. The molecule has 1 saturated heterocycles. The van der Waals surface area contributed by atoms with Crippen molar-refractivity contribution < 1.29 is 0 Å². The molecule has 1 aliphatic carbocycles. The molecule has 0 radical (unpaired) electrons. The fraction of sp³-hybridized carbons (Fsp3) is 0.692. The van der Waals surface area contributed by atoms with Gasteiger partial charge in [-0.1, -0.05) is 13.0 Å². The largest absolute Gasteiger partial charge is 0.369 e. The SMILES string of the molecule is CC1C=CC2=C(C1)NCN2C1CCNCC1. The number of allylic oxidation sites excluding steroid dienone is 3. The van der Waals surface area contributed by atoms with Gasteiger partial charge in [-0.25, -0.2) is 0 Å². The molecule has 2 aliphatic heterocycles.